The van der Waals surface area contributed by atoms with Gasteiger partial charge in [-0.05, 0) is 54.4 Å². The Bertz CT molecular complexity index is 754. The van der Waals surface area contributed by atoms with Crippen LogP contribution in [-0.4, -0.2) is 38.8 Å². The number of hydrogen-bond acceptors (Lipinski definition) is 3. The van der Waals surface area contributed by atoms with Crippen LogP contribution in [0.3, 0.4) is 0 Å². The van der Waals surface area contributed by atoms with E-state index in [1.165, 1.54) is 11.3 Å². The number of amides is 1. The molecule has 0 unspecified atom stereocenters. The number of carbonyl (C=O) groups is 1. The summed E-state index contributed by atoms with van der Waals surface area (Å²) < 4.78 is 5.42. The number of carbonyl (C=O) groups excluding carboxylic acids is 1. The summed E-state index contributed by atoms with van der Waals surface area (Å²) in [4.78, 5) is 17.0. The first-order chi connectivity index (χ1) is 11.7. The largest absolute Gasteiger partial charge is 0.378 e. The molecule has 124 valence electrons. The van der Waals surface area contributed by atoms with Gasteiger partial charge in [-0.15, -0.1) is 0 Å². The molecule has 0 atom stereocenters. The fourth-order valence-electron chi connectivity index (χ4n) is 3.37. The van der Waals surface area contributed by atoms with Crippen LogP contribution in [-0.2, 0) is 11.2 Å². The Hall–Kier alpha value is -2.04. The zero-order valence-electron chi connectivity index (χ0n) is 13.4. The fraction of sp³-hybridized carbons (Fsp3) is 0.316. The monoisotopic (exact) mass is 342 g/mol. The number of halogens is 1. The van der Waals surface area contributed by atoms with Gasteiger partial charge in [-0.1, -0.05) is 11.6 Å². The van der Waals surface area contributed by atoms with E-state index in [-0.39, 0.29) is 5.91 Å². The van der Waals surface area contributed by atoms with Crippen LogP contribution in [0, 0.1) is 0 Å². The number of benzene rings is 2. The third-order valence-electron chi connectivity index (χ3n) is 4.67. The summed E-state index contributed by atoms with van der Waals surface area (Å²) in [5, 5.41) is 0.642. The Labute approximate surface area is 146 Å². The van der Waals surface area contributed by atoms with Crippen LogP contribution in [0.4, 0.5) is 11.4 Å². The number of hydrogen-bond donors (Lipinski definition) is 0. The van der Waals surface area contributed by atoms with Gasteiger partial charge in [-0.3, -0.25) is 4.79 Å². The van der Waals surface area contributed by atoms with Gasteiger partial charge in [0.1, 0.15) is 0 Å². The van der Waals surface area contributed by atoms with Crippen LogP contribution in [0.1, 0.15) is 15.9 Å². The Balaban J connectivity index is 1.57. The van der Waals surface area contributed by atoms with Crippen molar-refractivity contribution in [3.05, 3.63) is 58.6 Å². The maximum Gasteiger partial charge on any atom is 0.258 e. The molecule has 4 rings (SSSR count). The Kier molecular flexibility index (Phi) is 4.17. The minimum Gasteiger partial charge on any atom is -0.378 e. The van der Waals surface area contributed by atoms with E-state index in [2.05, 4.69) is 23.1 Å². The smallest absolute Gasteiger partial charge is 0.258 e. The number of fused-ring (bicyclic) bond motifs is 1. The first kappa shape index (κ1) is 15.5. The zero-order valence-corrected chi connectivity index (χ0v) is 14.1. The number of anilines is 2. The quantitative estimate of drug-likeness (QED) is 0.838. The molecular weight excluding hydrogens is 324 g/mol. The fourth-order valence-corrected chi connectivity index (χ4v) is 3.49. The summed E-state index contributed by atoms with van der Waals surface area (Å²) in [7, 11) is 0. The molecular formula is C19H19ClN2O2. The van der Waals surface area contributed by atoms with Crippen molar-refractivity contribution in [2.45, 2.75) is 6.42 Å². The molecule has 2 aromatic rings. The predicted molar refractivity (Wildman–Crippen MR) is 96.3 cm³/mol. The van der Waals surface area contributed by atoms with Crippen LogP contribution < -0.4 is 9.80 Å². The zero-order chi connectivity index (χ0) is 16.5. The molecule has 0 radical (unpaired) electrons. The van der Waals surface area contributed by atoms with E-state index in [1.807, 2.05) is 4.90 Å². The lowest BCUT2D eigenvalue weighted by atomic mass is 10.1. The second-order valence-corrected chi connectivity index (χ2v) is 6.56. The highest BCUT2D eigenvalue weighted by Crippen LogP contribution is 2.33. The molecule has 24 heavy (non-hydrogen) atoms. The summed E-state index contributed by atoms with van der Waals surface area (Å²) in [6.07, 6.45) is 0.896. The van der Waals surface area contributed by atoms with Crippen LogP contribution in [0.25, 0.3) is 0 Å². The van der Waals surface area contributed by atoms with E-state index in [4.69, 9.17) is 16.3 Å². The molecule has 2 aromatic carbocycles. The van der Waals surface area contributed by atoms with Crippen molar-refractivity contribution < 1.29 is 9.53 Å². The van der Waals surface area contributed by atoms with Gasteiger partial charge < -0.3 is 14.5 Å². The summed E-state index contributed by atoms with van der Waals surface area (Å²) >= 11 is 5.91. The van der Waals surface area contributed by atoms with Gasteiger partial charge in [-0.25, -0.2) is 0 Å². The lowest BCUT2D eigenvalue weighted by molar-refractivity contribution is 0.0989. The van der Waals surface area contributed by atoms with E-state index in [0.717, 1.165) is 45.0 Å². The standard InChI is InChI=1S/C19H19ClN2O2/c20-16-3-1-14(2-4-16)19(23)22-8-7-15-13-17(5-6-18(15)22)21-9-11-24-12-10-21/h1-6,13H,7-12H2. The molecule has 0 aliphatic carbocycles. The van der Waals surface area contributed by atoms with Crippen molar-refractivity contribution in [3.8, 4) is 0 Å². The minimum atomic E-state index is 0.0320. The van der Waals surface area contributed by atoms with Crippen molar-refractivity contribution >= 4 is 28.9 Å². The molecule has 4 nitrogen and oxygen atoms in total. The molecule has 2 heterocycles. The van der Waals surface area contributed by atoms with Crippen molar-refractivity contribution in [2.75, 3.05) is 42.6 Å². The van der Waals surface area contributed by atoms with Gasteiger partial charge >= 0.3 is 0 Å². The molecule has 2 aliphatic heterocycles. The molecule has 0 bridgehead atoms. The molecule has 0 aromatic heterocycles. The Morgan fingerprint density at radius 3 is 2.50 bits per heavy atom. The summed E-state index contributed by atoms with van der Waals surface area (Å²) in [6, 6.07) is 13.5. The third-order valence-corrected chi connectivity index (χ3v) is 4.92. The van der Waals surface area contributed by atoms with Crippen molar-refractivity contribution in [1.29, 1.82) is 0 Å². The molecule has 0 N–H and O–H groups in total. The van der Waals surface area contributed by atoms with Crippen LogP contribution in [0.15, 0.2) is 42.5 Å². The van der Waals surface area contributed by atoms with Crippen LogP contribution >= 0.6 is 11.6 Å². The second kappa shape index (κ2) is 6.46. The van der Waals surface area contributed by atoms with E-state index in [9.17, 15) is 4.79 Å². The van der Waals surface area contributed by atoms with Gasteiger partial charge in [0.25, 0.3) is 5.91 Å². The molecule has 1 amide bonds. The highest BCUT2D eigenvalue weighted by Gasteiger charge is 2.26. The van der Waals surface area contributed by atoms with E-state index in [0.29, 0.717) is 10.6 Å². The van der Waals surface area contributed by atoms with Gasteiger partial charge in [0.2, 0.25) is 0 Å². The highest BCUT2D eigenvalue weighted by molar-refractivity contribution is 6.30. The van der Waals surface area contributed by atoms with E-state index >= 15 is 0 Å². The predicted octanol–water partition coefficient (Wildman–Crippen LogP) is 3.38. The molecule has 0 saturated carbocycles. The second-order valence-electron chi connectivity index (χ2n) is 6.13. The number of morpholine rings is 1. The van der Waals surface area contributed by atoms with Gasteiger partial charge in [0, 0.05) is 41.6 Å². The van der Waals surface area contributed by atoms with Crippen molar-refractivity contribution in [2.24, 2.45) is 0 Å². The molecule has 5 heteroatoms. The van der Waals surface area contributed by atoms with E-state index in [1.54, 1.807) is 24.3 Å². The minimum absolute atomic E-state index is 0.0320. The lowest BCUT2D eigenvalue weighted by Crippen LogP contribution is -2.36. The normalized spacial score (nSPS) is 17.0. The Morgan fingerprint density at radius 1 is 1.00 bits per heavy atom. The first-order valence-corrected chi connectivity index (χ1v) is 8.63. The first-order valence-electron chi connectivity index (χ1n) is 8.25. The van der Waals surface area contributed by atoms with Gasteiger partial charge in [0.05, 0.1) is 13.2 Å². The number of ether oxygens (including phenoxy) is 1. The van der Waals surface area contributed by atoms with Gasteiger partial charge in [0.15, 0.2) is 0 Å². The van der Waals surface area contributed by atoms with Crippen LogP contribution in [0.2, 0.25) is 5.02 Å². The van der Waals surface area contributed by atoms with E-state index < -0.39 is 0 Å². The van der Waals surface area contributed by atoms with Crippen LogP contribution in [0.5, 0.6) is 0 Å². The number of nitrogens with zero attached hydrogens (tertiary/aromatic N) is 2. The molecule has 1 saturated heterocycles. The summed E-state index contributed by atoms with van der Waals surface area (Å²) in [5.41, 5.74) is 4.15. The maximum atomic E-state index is 12.8. The SMILES string of the molecule is O=C(c1ccc(Cl)cc1)N1CCc2cc(N3CCOCC3)ccc21. The lowest BCUT2D eigenvalue weighted by Gasteiger charge is -2.29. The highest BCUT2D eigenvalue weighted by atomic mass is 35.5. The van der Waals surface area contributed by atoms with Crippen molar-refractivity contribution in [3.63, 3.8) is 0 Å². The van der Waals surface area contributed by atoms with Crippen molar-refractivity contribution in [1.82, 2.24) is 0 Å². The average molecular weight is 343 g/mol. The third kappa shape index (κ3) is 2.87. The topological polar surface area (TPSA) is 32.8 Å². The average Bonchev–Trinajstić information content (AvgIpc) is 3.05. The number of rotatable bonds is 2. The summed E-state index contributed by atoms with van der Waals surface area (Å²) in [6.45, 7) is 4.12. The molecule has 0 spiro atoms. The maximum absolute atomic E-state index is 12.8. The molecule has 2 aliphatic rings. The Morgan fingerprint density at radius 2 is 1.75 bits per heavy atom. The molecule has 1 fully saturated rings. The summed E-state index contributed by atoms with van der Waals surface area (Å²) in [5.74, 6) is 0.0320. The van der Waals surface area contributed by atoms with Gasteiger partial charge in [-0.2, -0.15) is 0 Å².